The van der Waals surface area contributed by atoms with Gasteiger partial charge in [0, 0.05) is 0 Å². The lowest BCUT2D eigenvalue weighted by Gasteiger charge is -2.13. The summed E-state index contributed by atoms with van der Waals surface area (Å²) in [6, 6.07) is 1.64. The van der Waals surface area contributed by atoms with Crippen molar-refractivity contribution in [3.8, 4) is 23.1 Å². The van der Waals surface area contributed by atoms with Crippen LogP contribution in [0.15, 0.2) is 6.07 Å². The molecule has 0 aliphatic rings. The number of aromatic nitrogens is 6. The summed E-state index contributed by atoms with van der Waals surface area (Å²) >= 11 is 0. The molecule has 3 aromatic rings. The third-order valence-corrected chi connectivity index (χ3v) is 3.27. The van der Waals surface area contributed by atoms with Gasteiger partial charge in [-0.2, -0.15) is 5.21 Å². The quantitative estimate of drug-likeness (QED) is 0.460. The van der Waals surface area contributed by atoms with Gasteiger partial charge in [0.25, 0.3) is 11.8 Å². The lowest BCUT2D eigenvalue weighted by molar-refractivity contribution is -0.215. The maximum Gasteiger partial charge on any atom is 0.278 e. The van der Waals surface area contributed by atoms with Gasteiger partial charge >= 0.3 is 0 Å². The summed E-state index contributed by atoms with van der Waals surface area (Å²) in [5.74, 6) is 0.762. The third kappa shape index (κ3) is 2.47. The average molecular weight is 319 g/mol. The molecule has 3 N–H and O–H groups in total. The SMILES string of the molecule is COc1nc2cc(NOO)c(C)c(-c3nn[nH]n3)c2nc1OC. The summed E-state index contributed by atoms with van der Waals surface area (Å²) in [7, 11) is 2.93. The molecule has 0 spiro atoms. The van der Waals surface area contributed by atoms with Gasteiger partial charge in [0.2, 0.25) is 5.82 Å². The minimum Gasteiger partial charge on any atom is -0.477 e. The molecule has 0 unspecified atom stereocenters. The first kappa shape index (κ1) is 14.9. The molecule has 11 nitrogen and oxygen atoms in total. The summed E-state index contributed by atoms with van der Waals surface area (Å²) < 4.78 is 10.3. The average Bonchev–Trinajstić information content (AvgIpc) is 3.08. The Kier molecular flexibility index (Phi) is 3.87. The Labute approximate surface area is 129 Å². The maximum absolute atomic E-state index is 8.68. The van der Waals surface area contributed by atoms with Crippen molar-refractivity contribution in [3.05, 3.63) is 11.6 Å². The van der Waals surface area contributed by atoms with Crippen LogP contribution in [-0.2, 0) is 4.99 Å². The largest absolute Gasteiger partial charge is 0.477 e. The molecule has 11 heteroatoms. The molecule has 120 valence electrons. The zero-order valence-corrected chi connectivity index (χ0v) is 12.5. The van der Waals surface area contributed by atoms with Crippen molar-refractivity contribution in [1.82, 2.24) is 30.6 Å². The Hall–Kier alpha value is -3.05. The van der Waals surface area contributed by atoms with Crippen molar-refractivity contribution < 1.29 is 19.7 Å². The summed E-state index contributed by atoms with van der Waals surface area (Å²) in [5, 5.41) is 22.6. The van der Waals surface area contributed by atoms with E-state index in [2.05, 4.69) is 41.1 Å². The molecule has 0 saturated carbocycles. The third-order valence-electron chi connectivity index (χ3n) is 3.27. The van der Waals surface area contributed by atoms with Crippen molar-refractivity contribution >= 4 is 16.7 Å². The van der Waals surface area contributed by atoms with Crippen LogP contribution in [0.1, 0.15) is 5.56 Å². The second kappa shape index (κ2) is 5.98. The van der Waals surface area contributed by atoms with Crippen LogP contribution < -0.4 is 15.0 Å². The Balaban J connectivity index is 2.38. The summed E-state index contributed by atoms with van der Waals surface area (Å²) in [6.07, 6.45) is 0. The van der Waals surface area contributed by atoms with Crippen LogP contribution in [0.25, 0.3) is 22.4 Å². The topological polar surface area (TPSA) is 140 Å². The molecule has 23 heavy (non-hydrogen) atoms. The Bertz CT molecular complexity index is 837. The number of methoxy groups -OCH3 is 2. The van der Waals surface area contributed by atoms with Gasteiger partial charge in [-0.3, -0.25) is 0 Å². The normalized spacial score (nSPS) is 10.8. The van der Waals surface area contributed by atoms with Crippen LogP contribution in [0.4, 0.5) is 5.69 Å². The zero-order chi connectivity index (χ0) is 16.4. The smallest absolute Gasteiger partial charge is 0.278 e. The minimum absolute atomic E-state index is 0.221. The van der Waals surface area contributed by atoms with Crippen LogP contribution >= 0.6 is 0 Å². The van der Waals surface area contributed by atoms with Crippen molar-refractivity contribution in [2.24, 2.45) is 0 Å². The first-order valence-corrected chi connectivity index (χ1v) is 6.43. The molecule has 0 radical (unpaired) electrons. The number of fused-ring (bicyclic) bond motifs is 1. The van der Waals surface area contributed by atoms with E-state index in [1.165, 1.54) is 14.2 Å². The van der Waals surface area contributed by atoms with Crippen LogP contribution in [0.2, 0.25) is 0 Å². The number of H-pyrrole nitrogens is 1. The van der Waals surface area contributed by atoms with Gasteiger partial charge in [0.1, 0.15) is 5.52 Å². The predicted octanol–water partition coefficient (Wildman–Crippen LogP) is 0.952. The highest BCUT2D eigenvalue weighted by Crippen LogP contribution is 2.36. The first-order chi connectivity index (χ1) is 11.2. The molecule has 0 aliphatic heterocycles. The van der Waals surface area contributed by atoms with Crippen molar-refractivity contribution in [3.63, 3.8) is 0 Å². The number of aromatic amines is 1. The van der Waals surface area contributed by atoms with Gasteiger partial charge in [-0.05, 0) is 23.8 Å². The van der Waals surface area contributed by atoms with Crippen LogP contribution in [0, 0.1) is 6.92 Å². The minimum atomic E-state index is 0.221. The summed E-state index contributed by atoms with van der Waals surface area (Å²) in [6.45, 7) is 1.78. The van der Waals surface area contributed by atoms with E-state index >= 15 is 0 Å². The first-order valence-electron chi connectivity index (χ1n) is 6.43. The van der Waals surface area contributed by atoms with Gasteiger partial charge in [-0.15, -0.1) is 15.2 Å². The van der Waals surface area contributed by atoms with Gasteiger partial charge in [0.05, 0.1) is 31.0 Å². The molecule has 3 rings (SSSR count). The molecule has 1 aromatic carbocycles. The van der Waals surface area contributed by atoms with Gasteiger partial charge < -0.3 is 9.47 Å². The highest BCUT2D eigenvalue weighted by molar-refractivity contribution is 5.95. The molecule has 0 atom stereocenters. The lowest BCUT2D eigenvalue weighted by atomic mass is 10.0. The van der Waals surface area contributed by atoms with Crippen LogP contribution in [0.3, 0.4) is 0 Å². The molecule has 0 bridgehead atoms. The molecule has 2 aromatic heterocycles. The predicted molar refractivity (Wildman–Crippen MR) is 77.9 cm³/mol. The summed E-state index contributed by atoms with van der Waals surface area (Å²) in [5.41, 5.74) is 5.02. The van der Waals surface area contributed by atoms with Gasteiger partial charge in [-0.1, -0.05) is 0 Å². The Morgan fingerprint density at radius 3 is 2.52 bits per heavy atom. The maximum atomic E-state index is 8.68. The number of hydrogen-bond acceptors (Lipinski definition) is 10. The molecular weight excluding hydrogens is 306 g/mol. The number of hydrogen-bond donors (Lipinski definition) is 3. The number of tetrazole rings is 1. The fourth-order valence-corrected chi connectivity index (χ4v) is 2.22. The van der Waals surface area contributed by atoms with E-state index in [1.807, 2.05) is 0 Å². The number of nitrogens with one attached hydrogen (secondary N) is 2. The number of benzene rings is 1. The Morgan fingerprint density at radius 1 is 1.17 bits per heavy atom. The highest BCUT2D eigenvalue weighted by Gasteiger charge is 2.20. The zero-order valence-electron chi connectivity index (χ0n) is 12.5. The molecule has 0 aliphatic carbocycles. The second-order valence-electron chi connectivity index (χ2n) is 4.46. The second-order valence-corrected chi connectivity index (χ2v) is 4.46. The van der Waals surface area contributed by atoms with E-state index in [9.17, 15) is 0 Å². The molecule has 0 amide bonds. The lowest BCUT2D eigenvalue weighted by Crippen LogP contribution is -2.04. The van der Waals surface area contributed by atoms with E-state index in [0.717, 1.165) is 0 Å². The number of rotatable bonds is 5. The molecule has 0 saturated heterocycles. The number of ether oxygens (including phenoxy) is 2. The van der Waals surface area contributed by atoms with Crippen LogP contribution in [-0.4, -0.2) is 50.1 Å². The fraction of sp³-hybridized carbons (Fsp3) is 0.250. The van der Waals surface area contributed by atoms with E-state index in [-0.39, 0.29) is 11.8 Å². The van der Waals surface area contributed by atoms with Gasteiger partial charge in [0.15, 0.2) is 0 Å². The van der Waals surface area contributed by atoms with Crippen molar-refractivity contribution in [2.75, 3.05) is 19.7 Å². The van der Waals surface area contributed by atoms with E-state index in [1.54, 1.807) is 13.0 Å². The van der Waals surface area contributed by atoms with Crippen LogP contribution in [0.5, 0.6) is 11.8 Å². The molecule has 0 fully saturated rings. The fourth-order valence-electron chi connectivity index (χ4n) is 2.22. The van der Waals surface area contributed by atoms with E-state index in [4.69, 9.17) is 14.7 Å². The van der Waals surface area contributed by atoms with Crippen molar-refractivity contribution in [1.29, 1.82) is 0 Å². The molecule has 2 heterocycles. The number of anilines is 1. The highest BCUT2D eigenvalue weighted by atomic mass is 17.2. The van der Waals surface area contributed by atoms with E-state index in [0.29, 0.717) is 33.7 Å². The summed E-state index contributed by atoms with van der Waals surface area (Å²) in [4.78, 5) is 12.8. The Morgan fingerprint density at radius 2 is 1.91 bits per heavy atom. The molecular formula is C12H13N7O4. The monoisotopic (exact) mass is 319 g/mol. The van der Waals surface area contributed by atoms with E-state index < -0.39 is 0 Å². The standard InChI is InChI=1S/C12H13N7O4/c1-5-6(17-23-20)4-7-9(8(5)10-15-18-19-16-10)14-12(22-3)11(13-7)21-2/h4,17,20H,1-3H3,(H,15,16,18,19). The number of nitrogens with zero attached hydrogens (tertiary/aromatic N) is 5. The van der Waals surface area contributed by atoms with Gasteiger partial charge in [-0.25, -0.2) is 20.7 Å². The van der Waals surface area contributed by atoms with Crippen molar-refractivity contribution in [2.45, 2.75) is 6.92 Å².